The van der Waals surface area contributed by atoms with Gasteiger partial charge in [-0.15, -0.1) is 0 Å². The lowest BCUT2D eigenvalue weighted by Crippen LogP contribution is -2.01. The number of hydrogen-bond donors (Lipinski definition) is 0. The zero-order valence-corrected chi connectivity index (χ0v) is 11.6. The quantitative estimate of drug-likeness (QED) is 0.496. The lowest BCUT2D eigenvalue weighted by atomic mass is 9.99. The number of ether oxygens (including phenoxy) is 1. The van der Waals surface area contributed by atoms with Crippen LogP contribution in [0.3, 0.4) is 0 Å². The fourth-order valence-electron chi connectivity index (χ4n) is 2.66. The van der Waals surface area contributed by atoms with E-state index in [-0.39, 0.29) is 0 Å². The largest absolute Gasteiger partial charge is 0.381 e. The molecule has 0 saturated heterocycles. The van der Waals surface area contributed by atoms with E-state index in [0.717, 1.165) is 31.5 Å². The highest BCUT2D eigenvalue weighted by molar-refractivity contribution is 4.89. The SMILES string of the molecule is [CH2]CC1C[CH]C(CCCOCCCCCC)C1. The summed E-state index contributed by atoms with van der Waals surface area (Å²) in [4.78, 5) is 0. The standard InChI is InChI=1S/C16H30O/c1-3-5-6-7-12-17-13-8-9-16-11-10-15(4-2)14-16/h11,15-16H,2-10,12-14H2,1H3. The van der Waals surface area contributed by atoms with E-state index < -0.39 is 0 Å². The highest BCUT2D eigenvalue weighted by Crippen LogP contribution is 2.34. The second-order valence-corrected chi connectivity index (χ2v) is 5.44. The molecule has 1 aliphatic carbocycles. The van der Waals surface area contributed by atoms with Gasteiger partial charge in [0.05, 0.1) is 0 Å². The summed E-state index contributed by atoms with van der Waals surface area (Å²) in [5.74, 6) is 1.72. The molecular weight excluding hydrogens is 208 g/mol. The summed E-state index contributed by atoms with van der Waals surface area (Å²) in [5.41, 5.74) is 0. The van der Waals surface area contributed by atoms with Gasteiger partial charge in [-0.3, -0.25) is 0 Å². The fourth-order valence-corrected chi connectivity index (χ4v) is 2.66. The molecule has 2 atom stereocenters. The summed E-state index contributed by atoms with van der Waals surface area (Å²) in [6.45, 7) is 8.18. The summed E-state index contributed by atoms with van der Waals surface area (Å²) in [5, 5.41) is 0. The Balaban J connectivity index is 1.81. The first-order chi connectivity index (χ1) is 8.36. The molecule has 0 heterocycles. The van der Waals surface area contributed by atoms with Crippen molar-refractivity contribution < 1.29 is 4.74 Å². The van der Waals surface area contributed by atoms with Crippen LogP contribution in [0.15, 0.2) is 0 Å². The third-order valence-electron chi connectivity index (χ3n) is 3.85. The van der Waals surface area contributed by atoms with Crippen LogP contribution in [-0.4, -0.2) is 13.2 Å². The predicted octanol–water partition coefficient (Wildman–Crippen LogP) is 4.82. The van der Waals surface area contributed by atoms with Crippen LogP contribution in [0.1, 0.15) is 64.7 Å². The molecule has 0 spiro atoms. The Hall–Kier alpha value is -0.0400. The van der Waals surface area contributed by atoms with Gasteiger partial charge >= 0.3 is 0 Å². The molecule has 1 aliphatic rings. The fraction of sp³-hybridized carbons (Fsp3) is 0.875. The van der Waals surface area contributed by atoms with Crippen LogP contribution in [0.4, 0.5) is 0 Å². The summed E-state index contributed by atoms with van der Waals surface area (Å²) >= 11 is 0. The zero-order chi connectivity index (χ0) is 12.3. The van der Waals surface area contributed by atoms with Crippen molar-refractivity contribution in [2.45, 2.75) is 64.7 Å². The molecule has 1 rings (SSSR count). The zero-order valence-electron chi connectivity index (χ0n) is 11.6. The molecule has 0 bridgehead atoms. The number of unbranched alkanes of at least 4 members (excludes halogenated alkanes) is 3. The smallest absolute Gasteiger partial charge is 0.0466 e. The molecule has 0 amide bonds. The second-order valence-electron chi connectivity index (χ2n) is 5.44. The maximum absolute atomic E-state index is 5.67. The van der Waals surface area contributed by atoms with Gasteiger partial charge in [-0.05, 0) is 50.4 Å². The first kappa shape index (κ1) is 15.0. The molecule has 0 aliphatic heterocycles. The Morgan fingerprint density at radius 3 is 2.71 bits per heavy atom. The van der Waals surface area contributed by atoms with Gasteiger partial charge < -0.3 is 4.74 Å². The third-order valence-corrected chi connectivity index (χ3v) is 3.85. The molecular formula is C16H30O. The van der Waals surface area contributed by atoms with E-state index >= 15 is 0 Å². The van der Waals surface area contributed by atoms with Crippen molar-refractivity contribution in [1.82, 2.24) is 0 Å². The minimum Gasteiger partial charge on any atom is -0.381 e. The highest BCUT2D eigenvalue weighted by atomic mass is 16.5. The maximum Gasteiger partial charge on any atom is 0.0466 e. The molecule has 0 N–H and O–H groups in total. The Bertz CT molecular complexity index is 167. The van der Waals surface area contributed by atoms with Gasteiger partial charge in [0.25, 0.3) is 0 Å². The van der Waals surface area contributed by atoms with Crippen molar-refractivity contribution in [1.29, 1.82) is 0 Å². The van der Waals surface area contributed by atoms with Gasteiger partial charge in [-0.1, -0.05) is 39.5 Å². The number of rotatable bonds is 10. The molecule has 0 aromatic rings. The van der Waals surface area contributed by atoms with Gasteiger partial charge in [0, 0.05) is 13.2 Å². The van der Waals surface area contributed by atoms with E-state index in [1.54, 1.807) is 0 Å². The van der Waals surface area contributed by atoms with Crippen molar-refractivity contribution in [2.75, 3.05) is 13.2 Å². The third kappa shape index (κ3) is 7.08. The normalized spacial score (nSPS) is 24.4. The first-order valence-electron chi connectivity index (χ1n) is 7.57. The van der Waals surface area contributed by atoms with Crippen molar-refractivity contribution in [3.8, 4) is 0 Å². The maximum atomic E-state index is 5.67. The summed E-state index contributed by atoms with van der Waals surface area (Å²) in [7, 11) is 0. The monoisotopic (exact) mass is 238 g/mol. The minimum absolute atomic E-state index is 0.852. The average molecular weight is 238 g/mol. The molecule has 1 fully saturated rings. The summed E-state index contributed by atoms with van der Waals surface area (Å²) < 4.78 is 5.67. The molecule has 1 heteroatoms. The van der Waals surface area contributed by atoms with Gasteiger partial charge in [-0.2, -0.15) is 0 Å². The van der Waals surface area contributed by atoms with E-state index in [2.05, 4.69) is 20.3 Å². The molecule has 0 aromatic carbocycles. The highest BCUT2D eigenvalue weighted by Gasteiger charge is 2.22. The Labute approximate surface area is 108 Å². The summed E-state index contributed by atoms with van der Waals surface area (Å²) in [6, 6.07) is 0. The van der Waals surface area contributed by atoms with Gasteiger partial charge in [-0.25, -0.2) is 0 Å². The topological polar surface area (TPSA) is 9.23 Å². The van der Waals surface area contributed by atoms with E-state index in [4.69, 9.17) is 4.74 Å². The van der Waals surface area contributed by atoms with Crippen LogP contribution in [0.5, 0.6) is 0 Å². The lowest BCUT2D eigenvalue weighted by molar-refractivity contribution is 0.123. The van der Waals surface area contributed by atoms with Crippen LogP contribution in [0.2, 0.25) is 0 Å². The Morgan fingerprint density at radius 1 is 1.18 bits per heavy atom. The molecule has 2 unspecified atom stereocenters. The van der Waals surface area contributed by atoms with E-state index in [0.29, 0.717) is 0 Å². The Kier molecular flexibility index (Phi) is 8.78. The molecule has 100 valence electrons. The van der Waals surface area contributed by atoms with E-state index in [1.165, 1.54) is 51.4 Å². The van der Waals surface area contributed by atoms with E-state index in [9.17, 15) is 0 Å². The molecule has 2 radical (unpaired) electrons. The average Bonchev–Trinajstić information content (AvgIpc) is 2.80. The van der Waals surface area contributed by atoms with Crippen LogP contribution in [0, 0.1) is 25.2 Å². The van der Waals surface area contributed by atoms with Gasteiger partial charge in [0.1, 0.15) is 0 Å². The van der Waals surface area contributed by atoms with Crippen molar-refractivity contribution in [3.05, 3.63) is 13.3 Å². The predicted molar refractivity (Wildman–Crippen MR) is 74.7 cm³/mol. The van der Waals surface area contributed by atoms with Gasteiger partial charge in [0.15, 0.2) is 0 Å². The van der Waals surface area contributed by atoms with Gasteiger partial charge in [0.2, 0.25) is 0 Å². The second kappa shape index (κ2) is 9.94. The van der Waals surface area contributed by atoms with Crippen molar-refractivity contribution >= 4 is 0 Å². The van der Waals surface area contributed by atoms with Crippen molar-refractivity contribution in [2.24, 2.45) is 11.8 Å². The number of hydrogen-bond acceptors (Lipinski definition) is 1. The summed E-state index contributed by atoms with van der Waals surface area (Å²) in [6.07, 6.45) is 14.1. The molecule has 0 aromatic heterocycles. The first-order valence-corrected chi connectivity index (χ1v) is 7.57. The Morgan fingerprint density at radius 2 is 2.00 bits per heavy atom. The van der Waals surface area contributed by atoms with Crippen molar-refractivity contribution in [3.63, 3.8) is 0 Å². The lowest BCUT2D eigenvalue weighted by Gasteiger charge is -2.10. The van der Waals surface area contributed by atoms with Crippen LogP contribution in [-0.2, 0) is 4.74 Å². The van der Waals surface area contributed by atoms with Crippen LogP contribution >= 0.6 is 0 Å². The molecule has 17 heavy (non-hydrogen) atoms. The van der Waals surface area contributed by atoms with Crippen LogP contribution in [0.25, 0.3) is 0 Å². The molecule has 1 saturated carbocycles. The van der Waals surface area contributed by atoms with Crippen LogP contribution < -0.4 is 0 Å². The van der Waals surface area contributed by atoms with E-state index in [1.807, 2.05) is 0 Å². The molecule has 1 nitrogen and oxygen atoms in total. The minimum atomic E-state index is 0.852.